The number of carbonyl (C=O) groups excluding carboxylic acids is 2. The molecule has 0 atom stereocenters. The Kier molecular flexibility index (Phi) is 6.21. The lowest BCUT2D eigenvalue weighted by Crippen LogP contribution is -2.38. The number of benzene rings is 1. The Morgan fingerprint density at radius 1 is 1.33 bits per heavy atom. The van der Waals surface area contributed by atoms with Crippen molar-refractivity contribution < 1.29 is 9.59 Å². The van der Waals surface area contributed by atoms with Crippen LogP contribution in [0.1, 0.15) is 5.56 Å². The van der Waals surface area contributed by atoms with E-state index >= 15 is 0 Å². The Morgan fingerprint density at radius 2 is 1.94 bits per heavy atom. The number of thioether (sulfide) groups is 1. The van der Waals surface area contributed by atoms with Crippen LogP contribution in [-0.4, -0.2) is 35.3 Å². The number of primary amides is 1. The van der Waals surface area contributed by atoms with Gasteiger partial charge in [0.05, 0.1) is 12.3 Å². The number of nitrogens with zero attached hydrogens (tertiary/aromatic N) is 1. The van der Waals surface area contributed by atoms with Gasteiger partial charge in [-0.05, 0) is 24.0 Å². The van der Waals surface area contributed by atoms with Gasteiger partial charge in [0.25, 0.3) is 0 Å². The molecule has 0 aliphatic rings. The maximum atomic E-state index is 11.8. The highest BCUT2D eigenvalue weighted by atomic mass is 79.9. The first-order chi connectivity index (χ1) is 8.52. The van der Waals surface area contributed by atoms with Gasteiger partial charge < -0.3 is 10.6 Å². The number of hydrogen-bond donors (Lipinski definition) is 1. The average molecular weight is 331 g/mol. The summed E-state index contributed by atoms with van der Waals surface area (Å²) in [5, 5.41) is 0. The van der Waals surface area contributed by atoms with E-state index < -0.39 is 5.91 Å². The molecular formula is C12H15BrN2O2S. The van der Waals surface area contributed by atoms with Crippen molar-refractivity contribution in [1.82, 2.24) is 4.90 Å². The number of nitrogens with two attached hydrogens (primary N) is 1. The molecule has 6 heteroatoms. The van der Waals surface area contributed by atoms with Crippen LogP contribution in [0.25, 0.3) is 0 Å². The van der Waals surface area contributed by atoms with Crippen LogP contribution in [0, 0.1) is 0 Å². The van der Waals surface area contributed by atoms with Crippen LogP contribution < -0.4 is 5.73 Å². The largest absolute Gasteiger partial charge is 0.368 e. The van der Waals surface area contributed by atoms with Gasteiger partial charge in [0.15, 0.2) is 0 Å². The topological polar surface area (TPSA) is 63.4 Å². The first-order valence-corrected chi connectivity index (χ1v) is 7.51. The predicted octanol–water partition coefficient (Wildman–Crippen LogP) is 1.63. The molecule has 98 valence electrons. The van der Waals surface area contributed by atoms with Gasteiger partial charge in [-0.1, -0.05) is 28.1 Å². The van der Waals surface area contributed by atoms with E-state index in [0.29, 0.717) is 12.3 Å². The minimum atomic E-state index is -0.499. The Hall–Kier alpha value is -1.01. The zero-order valence-corrected chi connectivity index (χ0v) is 12.5. The van der Waals surface area contributed by atoms with E-state index in [-0.39, 0.29) is 12.5 Å². The zero-order valence-electron chi connectivity index (χ0n) is 10.1. The van der Waals surface area contributed by atoms with E-state index in [4.69, 9.17) is 5.73 Å². The van der Waals surface area contributed by atoms with Crippen LogP contribution in [0.3, 0.4) is 0 Å². The molecule has 0 spiro atoms. The van der Waals surface area contributed by atoms with Gasteiger partial charge in [-0.2, -0.15) is 11.8 Å². The molecule has 0 saturated carbocycles. The molecule has 0 aliphatic heterocycles. The first-order valence-electron chi connectivity index (χ1n) is 5.32. The SMILES string of the molecule is CSCC(=O)N(CC(N)=O)Cc1ccc(Br)cc1. The molecule has 0 aliphatic carbocycles. The second-order valence-electron chi connectivity index (χ2n) is 3.78. The fourth-order valence-electron chi connectivity index (χ4n) is 1.45. The van der Waals surface area contributed by atoms with Gasteiger partial charge in [0, 0.05) is 11.0 Å². The highest BCUT2D eigenvalue weighted by Crippen LogP contribution is 2.12. The summed E-state index contributed by atoms with van der Waals surface area (Å²) in [5.74, 6) is -0.227. The minimum Gasteiger partial charge on any atom is -0.368 e. The standard InChI is InChI=1S/C12H15BrN2O2S/c1-18-8-12(17)15(7-11(14)16)6-9-2-4-10(13)5-3-9/h2-5H,6-8H2,1H3,(H2,14,16). The molecule has 0 fully saturated rings. The number of carbonyl (C=O) groups is 2. The van der Waals surface area contributed by atoms with Crippen LogP contribution in [-0.2, 0) is 16.1 Å². The summed E-state index contributed by atoms with van der Waals surface area (Å²) in [6, 6.07) is 7.61. The highest BCUT2D eigenvalue weighted by Gasteiger charge is 2.15. The maximum Gasteiger partial charge on any atom is 0.237 e. The van der Waals surface area contributed by atoms with Crippen molar-refractivity contribution in [2.24, 2.45) is 5.73 Å². The molecule has 1 aromatic rings. The van der Waals surface area contributed by atoms with Gasteiger partial charge in [0.1, 0.15) is 0 Å². The summed E-state index contributed by atoms with van der Waals surface area (Å²) in [7, 11) is 0. The molecule has 0 radical (unpaired) electrons. The van der Waals surface area contributed by atoms with Gasteiger partial charge >= 0.3 is 0 Å². The molecule has 0 saturated heterocycles. The number of halogens is 1. The summed E-state index contributed by atoms with van der Waals surface area (Å²) in [6.45, 7) is 0.352. The summed E-state index contributed by atoms with van der Waals surface area (Å²) >= 11 is 4.78. The Morgan fingerprint density at radius 3 is 2.44 bits per heavy atom. The average Bonchev–Trinajstić information content (AvgIpc) is 2.31. The van der Waals surface area contributed by atoms with E-state index in [1.165, 1.54) is 16.7 Å². The molecule has 18 heavy (non-hydrogen) atoms. The summed E-state index contributed by atoms with van der Waals surface area (Å²) in [6.07, 6.45) is 1.85. The Balaban J connectivity index is 2.74. The molecule has 1 rings (SSSR count). The molecule has 0 aromatic heterocycles. The van der Waals surface area contributed by atoms with Crippen LogP contribution in [0.15, 0.2) is 28.7 Å². The number of amides is 2. The third-order valence-corrected chi connectivity index (χ3v) is 3.32. The lowest BCUT2D eigenvalue weighted by atomic mass is 10.2. The number of rotatable bonds is 6. The molecule has 4 nitrogen and oxygen atoms in total. The Labute approximate surface area is 119 Å². The van der Waals surface area contributed by atoms with Crippen molar-refractivity contribution in [3.8, 4) is 0 Å². The van der Waals surface area contributed by atoms with Crippen molar-refractivity contribution in [1.29, 1.82) is 0 Å². The molecular weight excluding hydrogens is 316 g/mol. The monoisotopic (exact) mass is 330 g/mol. The molecule has 0 bridgehead atoms. The van der Waals surface area contributed by atoms with Crippen molar-refractivity contribution in [3.05, 3.63) is 34.3 Å². The Bertz CT molecular complexity index is 423. The third kappa shape index (κ3) is 5.10. The quantitative estimate of drug-likeness (QED) is 0.862. The minimum absolute atomic E-state index is 0.0462. The van der Waals surface area contributed by atoms with Crippen molar-refractivity contribution in [3.63, 3.8) is 0 Å². The molecule has 0 unspecified atom stereocenters. The second kappa shape index (κ2) is 7.43. The van der Waals surface area contributed by atoms with Crippen molar-refractivity contribution in [2.75, 3.05) is 18.6 Å². The molecule has 0 heterocycles. The van der Waals surface area contributed by atoms with Crippen molar-refractivity contribution >= 4 is 39.5 Å². The van der Waals surface area contributed by atoms with Gasteiger partial charge in [-0.3, -0.25) is 9.59 Å². The predicted molar refractivity (Wildman–Crippen MR) is 77.1 cm³/mol. The summed E-state index contributed by atoms with van der Waals surface area (Å²) in [5.41, 5.74) is 6.12. The van der Waals surface area contributed by atoms with E-state index in [1.807, 2.05) is 30.5 Å². The second-order valence-corrected chi connectivity index (χ2v) is 5.56. The molecule has 2 N–H and O–H groups in total. The van der Waals surface area contributed by atoms with Crippen LogP contribution in [0.5, 0.6) is 0 Å². The van der Waals surface area contributed by atoms with Crippen molar-refractivity contribution in [2.45, 2.75) is 6.54 Å². The fourth-order valence-corrected chi connectivity index (χ4v) is 2.14. The van der Waals surface area contributed by atoms with Crippen LogP contribution in [0.4, 0.5) is 0 Å². The fraction of sp³-hybridized carbons (Fsp3) is 0.333. The van der Waals surface area contributed by atoms with Gasteiger partial charge in [0.2, 0.25) is 11.8 Å². The van der Waals surface area contributed by atoms with E-state index in [2.05, 4.69) is 15.9 Å². The van der Waals surface area contributed by atoms with E-state index in [1.54, 1.807) is 0 Å². The third-order valence-electron chi connectivity index (χ3n) is 2.25. The molecule has 2 amide bonds. The maximum absolute atomic E-state index is 11.8. The van der Waals surface area contributed by atoms with Gasteiger partial charge in [-0.15, -0.1) is 0 Å². The van der Waals surface area contributed by atoms with Crippen LogP contribution >= 0.6 is 27.7 Å². The normalized spacial score (nSPS) is 10.1. The lowest BCUT2D eigenvalue weighted by Gasteiger charge is -2.21. The van der Waals surface area contributed by atoms with Gasteiger partial charge in [-0.25, -0.2) is 0 Å². The first kappa shape index (κ1) is 15.0. The smallest absolute Gasteiger partial charge is 0.237 e. The summed E-state index contributed by atoms with van der Waals surface area (Å²) in [4.78, 5) is 24.3. The van der Waals surface area contributed by atoms with E-state index in [0.717, 1.165) is 10.0 Å². The van der Waals surface area contributed by atoms with Crippen LogP contribution in [0.2, 0.25) is 0 Å². The highest BCUT2D eigenvalue weighted by molar-refractivity contribution is 9.10. The molecule has 1 aromatic carbocycles. The van der Waals surface area contributed by atoms with E-state index in [9.17, 15) is 9.59 Å². The lowest BCUT2D eigenvalue weighted by molar-refractivity contribution is -0.133. The zero-order chi connectivity index (χ0) is 13.5. The number of hydrogen-bond acceptors (Lipinski definition) is 3. The summed E-state index contributed by atoms with van der Waals surface area (Å²) < 4.78 is 0.975.